The number of nitro benzene ring substituents is 1. The first-order valence-corrected chi connectivity index (χ1v) is 6.24. The Morgan fingerprint density at radius 2 is 2.11 bits per heavy atom. The van der Waals surface area contributed by atoms with Gasteiger partial charge in [0.1, 0.15) is 0 Å². The highest BCUT2D eigenvalue weighted by atomic mass is 19.1. The van der Waals surface area contributed by atoms with E-state index in [-0.39, 0.29) is 11.5 Å². The van der Waals surface area contributed by atoms with Crippen molar-refractivity contribution >= 4 is 11.6 Å². The van der Waals surface area contributed by atoms with Crippen LogP contribution in [0.3, 0.4) is 0 Å². The second kappa shape index (κ2) is 6.82. The molecule has 0 aliphatic carbocycles. The second-order valence-corrected chi connectivity index (χ2v) is 4.16. The number of nitrogens with zero attached hydrogens (tertiary/aromatic N) is 2. The first kappa shape index (κ1) is 15.1. The van der Waals surface area contributed by atoms with Crippen molar-refractivity contribution in [3.63, 3.8) is 0 Å². The van der Waals surface area contributed by atoms with E-state index in [0.717, 1.165) is 25.0 Å². The number of carbonyl (C=O) groups is 1. The normalized spacial score (nSPS) is 10.3. The van der Waals surface area contributed by atoms with Crippen molar-refractivity contribution in [1.82, 2.24) is 4.90 Å². The van der Waals surface area contributed by atoms with Gasteiger partial charge in [0.05, 0.1) is 4.92 Å². The zero-order chi connectivity index (χ0) is 14.4. The summed E-state index contributed by atoms with van der Waals surface area (Å²) in [6.45, 7) is 4.97. The van der Waals surface area contributed by atoms with Gasteiger partial charge in [0.25, 0.3) is 5.91 Å². The molecule has 0 radical (unpaired) electrons. The average Bonchev–Trinajstić information content (AvgIpc) is 2.39. The lowest BCUT2D eigenvalue weighted by Gasteiger charge is -2.20. The minimum atomic E-state index is -0.932. The highest BCUT2D eigenvalue weighted by molar-refractivity contribution is 5.94. The van der Waals surface area contributed by atoms with E-state index in [4.69, 9.17) is 0 Å². The Kier molecular flexibility index (Phi) is 5.41. The van der Waals surface area contributed by atoms with E-state index in [2.05, 4.69) is 0 Å². The Labute approximate surface area is 111 Å². The maximum absolute atomic E-state index is 13.2. The first-order chi connectivity index (χ1) is 9.01. The van der Waals surface area contributed by atoms with Crippen LogP contribution in [0.25, 0.3) is 0 Å². The van der Waals surface area contributed by atoms with Crippen LogP contribution in [0.1, 0.15) is 37.0 Å². The van der Waals surface area contributed by atoms with Gasteiger partial charge in [-0.2, -0.15) is 4.39 Å². The van der Waals surface area contributed by atoms with E-state index >= 15 is 0 Å². The molecule has 0 saturated heterocycles. The molecule has 104 valence electrons. The number of hydrogen-bond donors (Lipinski definition) is 0. The quantitative estimate of drug-likeness (QED) is 0.588. The summed E-state index contributed by atoms with van der Waals surface area (Å²) in [6.07, 6.45) is 1.82. The zero-order valence-electron chi connectivity index (χ0n) is 11.1. The Balaban J connectivity index is 2.98. The summed E-state index contributed by atoms with van der Waals surface area (Å²) >= 11 is 0. The van der Waals surface area contributed by atoms with Crippen LogP contribution in [-0.2, 0) is 0 Å². The van der Waals surface area contributed by atoms with Crippen LogP contribution in [0.5, 0.6) is 0 Å². The third-order valence-electron chi connectivity index (χ3n) is 2.84. The van der Waals surface area contributed by atoms with Crippen molar-refractivity contribution in [2.75, 3.05) is 13.1 Å². The molecule has 0 saturated carbocycles. The molecule has 0 fully saturated rings. The van der Waals surface area contributed by atoms with E-state index in [1.807, 2.05) is 13.8 Å². The van der Waals surface area contributed by atoms with Gasteiger partial charge in [-0.15, -0.1) is 0 Å². The van der Waals surface area contributed by atoms with E-state index in [1.165, 1.54) is 6.07 Å². The Morgan fingerprint density at radius 3 is 2.63 bits per heavy atom. The number of hydrogen-bond acceptors (Lipinski definition) is 3. The van der Waals surface area contributed by atoms with Crippen LogP contribution in [-0.4, -0.2) is 28.8 Å². The van der Waals surface area contributed by atoms with Gasteiger partial charge in [-0.25, -0.2) is 0 Å². The van der Waals surface area contributed by atoms with Crippen molar-refractivity contribution in [1.29, 1.82) is 0 Å². The predicted molar refractivity (Wildman–Crippen MR) is 69.5 cm³/mol. The lowest BCUT2D eigenvalue weighted by atomic mass is 10.1. The first-order valence-electron chi connectivity index (χ1n) is 6.24. The van der Waals surface area contributed by atoms with Crippen LogP contribution < -0.4 is 0 Å². The maximum atomic E-state index is 13.2. The molecule has 6 heteroatoms. The largest absolute Gasteiger partial charge is 0.339 e. The van der Waals surface area contributed by atoms with Crippen LogP contribution in [0.2, 0.25) is 0 Å². The minimum Gasteiger partial charge on any atom is -0.339 e. The third kappa shape index (κ3) is 3.74. The van der Waals surface area contributed by atoms with Crippen molar-refractivity contribution in [3.05, 3.63) is 39.7 Å². The molecule has 1 aromatic rings. The average molecular weight is 268 g/mol. The number of nitro groups is 1. The summed E-state index contributed by atoms with van der Waals surface area (Å²) in [7, 11) is 0. The monoisotopic (exact) mass is 268 g/mol. The molecule has 5 nitrogen and oxygen atoms in total. The Hall–Kier alpha value is -1.98. The summed E-state index contributed by atoms with van der Waals surface area (Å²) in [5, 5.41) is 10.6. The third-order valence-corrected chi connectivity index (χ3v) is 2.84. The van der Waals surface area contributed by atoms with Gasteiger partial charge in [-0.3, -0.25) is 14.9 Å². The molecule has 0 spiro atoms. The molecule has 0 aromatic heterocycles. The predicted octanol–water partition coefficient (Wildman–Crippen LogP) is 3.00. The van der Waals surface area contributed by atoms with Gasteiger partial charge in [0.2, 0.25) is 5.82 Å². The number of carbonyl (C=O) groups excluding carboxylic acids is 1. The molecule has 0 aliphatic heterocycles. The number of rotatable bonds is 6. The van der Waals surface area contributed by atoms with Gasteiger partial charge in [0, 0.05) is 24.7 Å². The van der Waals surface area contributed by atoms with Gasteiger partial charge in [-0.05, 0) is 25.5 Å². The molecule has 0 heterocycles. The summed E-state index contributed by atoms with van der Waals surface area (Å²) in [5.74, 6) is -1.24. The topological polar surface area (TPSA) is 63.5 Å². The number of amides is 1. The van der Waals surface area contributed by atoms with E-state index in [0.29, 0.717) is 13.1 Å². The Bertz CT molecular complexity index is 477. The molecule has 0 bridgehead atoms. The van der Waals surface area contributed by atoms with E-state index in [9.17, 15) is 19.3 Å². The van der Waals surface area contributed by atoms with Crippen LogP contribution in [0.4, 0.5) is 10.1 Å². The standard InChI is InChI=1S/C13H17FN2O3/c1-3-5-8-15(4-2)13(17)10-6-7-11(14)12(9-10)16(18)19/h6-7,9H,3-5,8H2,1-2H3. The van der Waals surface area contributed by atoms with Crippen LogP contribution >= 0.6 is 0 Å². The van der Waals surface area contributed by atoms with E-state index < -0.39 is 16.4 Å². The highest BCUT2D eigenvalue weighted by Gasteiger charge is 2.20. The molecule has 0 aliphatic rings. The fourth-order valence-corrected chi connectivity index (χ4v) is 1.72. The van der Waals surface area contributed by atoms with Crippen LogP contribution in [0.15, 0.2) is 18.2 Å². The molecule has 1 amide bonds. The molecular weight excluding hydrogens is 251 g/mol. The lowest BCUT2D eigenvalue weighted by molar-refractivity contribution is -0.387. The molecule has 19 heavy (non-hydrogen) atoms. The lowest BCUT2D eigenvalue weighted by Crippen LogP contribution is -2.31. The molecule has 0 atom stereocenters. The molecular formula is C13H17FN2O3. The van der Waals surface area contributed by atoms with Gasteiger partial charge >= 0.3 is 5.69 Å². The minimum absolute atomic E-state index is 0.144. The smallest absolute Gasteiger partial charge is 0.305 e. The van der Waals surface area contributed by atoms with E-state index in [1.54, 1.807) is 4.90 Å². The highest BCUT2D eigenvalue weighted by Crippen LogP contribution is 2.19. The van der Waals surface area contributed by atoms with Crippen molar-refractivity contribution in [2.45, 2.75) is 26.7 Å². The number of benzene rings is 1. The summed E-state index contributed by atoms with van der Waals surface area (Å²) in [5.41, 5.74) is -0.525. The van der Waals surface area contributed by atoms with Gasteiger partial charge in [-0.1, -0.05) is 13.3 Å². The zero-order valence-corrected chi connectivity index (χ0v) is 11.1. The number of halogens is 1. The SMILES string of the molecule is CCCCN(CC)C(=O)c1ccc(F)c([N+](=O)[O-])c1. The molecule has 1 rings (SSSR count). The molecule has 1 aromatic carbocycles. The second-order valence-electron chi connectivity index (χ2n) is 4.16. The molecule has 0 N–H and O–H groups in total. The summed E-state index contributed by atoms with van der Waals surface area (Å²) in [4.78, 5) is 23.6. The Morgan fingerprint density at radius 1 is 1.42 bits per heavy atom. The summed E-state index contributed by atoms with van der Waals surface area (Å²) < 4.78 is 13.2. The maximum Gasteiger partial charge on any atom is 0.305 e. The summed E-state index contributed by atoms with van der Waals surface area (Å²) in [6, 6.07) is 3.23. The number of unbranched alkanes of at least 4 members (excludes halogenated alkanes) is 1. The van der Waals surface area contributed by atoms with Gasteiger partial charge in [0.15, 0.2) is 0 Å². The molecule has 0 unspecified atom stereocenters. The van der Waals surface area contributed by atoms with Crippen LogP contribution in [0, 0.1) is 15.9 Å². The van der Waals surface area contributed by atoms with Gasteiger partial charge < -0.3 is 4.90 Å². The van der Waals surface area contributed by atoms with Crippen molar-refractivity contribution < 1.29 is 14.1 Å². The van der Waals surface area contributed by atoms with Crippen molar-refractivity contribution in [3.8, 4) is 0 Å². The fraction of sp³-hybridized carbons (Fsp3) is 0.462. The van der Waals surface area contributed by atoms with Crippen molar-refractivity contribution in [2.24, 2.45) is 0 Å². The fourth-order valence-electron chi connectivity index (χ4n) is 1.72.